The summed E-state index contributed by atoms with van der Waals surface area (Å²) in [5.74, 6) is 0.479. The molecule has 0 atom stereocenters. The summed E-state index contributed by atoms with van der Waals surface area (Å²) < 4.78 is 4.99. The van der Waals surface area contributed by atoms with Crippen molar-refractivity contribution >= 4 is 23.4 Å². The fourth-order valence-electron chi connectivity index (χ4n) is 1.01. The molecule has 1 aromatic carbocycles. The van der Waals surface area contributed by atoms with Crippen LogP contribution in [0.4, 0.5) is 4.79 Å². The van der Waals surface area contributed by atoms with E-state index in [0.717, 1.165) is 0 Å². The van der Waals surface area contributed by atoms with Gasteiger partial charge < -0.3 is 10.1 Å². The van der Waals surface area contributed by atoms with Crippen LogP contribution in [-0.4, -0.2) is 17.2 Å². The summed E-state index contributed by atoms with van der Waals surface area (Å²) in [6.45, 7) is 3.85. The SMILES string of the molecule is CC(C)NC(=S)NC(=O)Oc1ccccc1. The van der Waals surface area contributed by atoms with E-state index in [0.29, 0.717) is 5.75 Å². The van der Waals surface area contributed by atoms with Crippen LogP contribution in [0.1, 0.15) is 13.8 Å². The van der Waals surface area contributed by atoms with Crippen molar-refractivity contribution in [1.82, 2.24) is 10.6 Å². The van der Waals surface area contributed by atoms with Gasteiger partial charge in [0, 0.05) is 6.04 Å². The van der Waals surface area contributed by atoms with Crippen LogP contribution in [0.5, 0.6) is 5.75 Å². The topological polar surface area (TPSA) is 50.4 Å². The first-order valence-corrected chi connectivity index (χ1v) is 5.33. The number of amides is 1. The van der Waals surface area contributed by atoms with Crippen molar-refractivity contribution in [2.45, 2.75) is 19.9 Å². The van der Waals surface area contributed by atoms with E-state index in [1.807, 2.05) is 19.9 Å². The van der Waals surface area contributed by atoms with Crippen molar-refractivity contribution in [3.05, 3.63) is 30.3 Å². The number of hydrogen-bond donors (Lipinski definition) is 2. The molecule has 0 spiro atoms. The van der Waals surface area contributed by atoms with Crippen LogP contribution in [0, 0.1) is 0 Å². The first-order chi connectivity index (χ1) is 7.58. The van der Waals surface area contributed by atoms with Crippen LogP contribution in [0.3, 0.4) is 0 Å². The maximum Gasteiger partial charge on any atom is 0.418 e. The zero-order valence-electron chi connectivity index (χ0n) is 9.19. The van der Waals surface area contributed by atoms with Gasteiger partial charge in [0.05, 0.1) is 0 Å². The number of carbonyl (C=O) groups is 1. The molecule has 1 amide bonds. The van der Waals surface area contributed by atoms with Crippen LogP contribution in [0.15, 0.2) is 30.3 Å². The highest BCUT2D eigenvalue weighted by Crippen LogP contribution is 2.07. The Labute approximate surface area is 100.0 Å². The van der Waals surface area contributed by atoms with E-state index in [4.69, 9.17) is 17.0 Å². The van der Waals surface area contributed by atoms with Gasteiger partial charge in [0.25, 0.3) is 0 Å². The van der Waals surface area contributed by atoms with Gasteiger partial charge in [0.2, 0.25) is 0 Å². The maximum absolute atomic E-state index is 11.3. The first kappa shape index (κ1) is 12.4. The largest absolute Gasteiger partial charge is 0.418 e. The second-order valence-corrected chi connectivity index (χ2v) is 3.86. The number of benzene rings is 1. The molecule has 0 aliphatic carbocycles. The lowest BCUT2D eigenvalue weighted by Crippen LogP contribution is -2.43. The summed E-state index contributed by atoms with van der Waals surface area (Å²) >= 11 is 4.90. The number of hydrogen-bond acceptors (Lipinski definition) is 3. The van der Waals surface area contributed by atoms with Crippen molar-refractivity contribution in [2.24, 2.45) is 0 Å². The predicted octanol–water partition coefficient (Wildman–Crippen LogP) is 2.06. The summed E-state index contributed by atoms with van der Waals surface area (Å²) in [6, 6.07) is 8.97. The lowest BCUT2D eigenvalue weighted by atomic mass is 10.3. The molecule has 0 saturated carbocycles. The molecule has 16 heavy (non-hydrogen) atoms. The third-order valence-electron chi connectivity index (χ3n) is 1.59. The van der Waals surface area contributed by atoms with E-state index in [1.165, 1.54) is 0 Å². The van der Waals surface area contributed by atoms with Crippen molar-refractivity contribution < 1.29 is 9.53 Å². The van der Waals surface area contributed by atoms with Crippen molar-refractivity contribution in [2.75, 3.05) is 0 Å². The van der Waals surface area contributed by atoms with Crippen LogP contribution in [-0.2, 0) is 0 Å². The minimum Gasteiger partial charge on any atom is -0.410 e. The fourth-order valence-corrected chi connectivity index (χ4v) is 1.33. The summed E-state index contributed by atoms with van der Waals surface area (Å²) in [5.41, 5.74) is 0. The summed E-state index contributed by atoms with van der Waals surface area (Å²) in [7, 11) is 0. The van der Waals surface area contributed by atoms with Crippen LogP contribution < -0.4 is 15.4 Å². The molecule has 0 heterocycles. The number of thiocarbonyl (C=S) groups is 1. The highest BCUT2D eigenvalue weighted by atomic mass is 32.1. The molecular weight excluding hydrogens is 224 g/mol. The van der Waals surface area contributed by atoms with Crippen LogP contribution in [0.25, 0.3) is 0 Å². The molecule has 0 fully saturated rings. The molecule has 0 aromatic heterocycles. The summed E-state index contributed by atoms with van der Waals surface area (Å²) in [5, 5.41) is 5.56. The molecule has 1 rings (SSSR count). The average molecular weight is 238 g/mol. The number of nitrogens with one attached hydrogen (secondary N) is 2. The van der Waals surface area contributed by atoms with E-state index in [1.54, 1.807) is 24.3 Å². The minimum absolute atomic E-state index is 0.171. The third-order valence-corrected chi connectivity index (χ3v) is 1.81. The van der Waals surface area contributed by atoms with Crippen LogP contribution in [0.2, 0.25) is 0 Å². The zero-order chi connectivity index (χ0) is 12.0. The van der Waals surface area contributed by atoms with Crippen molar-refractivity contribution in [3.63, 3.8) is 0 Å². The fraction of sp³-hybridized carbons (Fsp3) is 0.273. The predicted molar refractivity (Wildman–Crippen MR) is 66.5 cm³/mol. The zero-order valence-corrected chi connectivity index (χ0v) is 10.0. The molecule has 0 radical (unpaired) electrons. The van der Waals surface area contributed by atoms with Gasteiger partial charge in [-0.2, -0.15) is 0 Å². The molecule has 0 aliphatic rings. The van der Waals surface area contributed by atoms with Crippen molar-refractivity contribution in [1.29, 1.82) is 0 Å². The van der Waals surface area contributed by atoms with Crippen molar-refractivity contribution in [3.8, 4) is 5.75 Å². The Bertz CT molecular complexity index is 366. The van der Waals surface area contributed by atoms with E-state index in [9.17, 15) is 4.79 Å². The molecular formula is C11H14N2O2S. The molecule has 0 saturated heterocycles. The highest BCUT2D eigenvalue weighted by molar-refractivity contribution is 7.80. The monoisotopic (exact) mass is 238 g/mol. The molecule has 0 bridgehead atoms. The molecule has 1 aromatic rings. The quantitative estimate of drug-likeness (QED) is 0.774. The van der Waals surface area contributed by atoms with Gasteiger partial charge in [-0.3, -0.25) is 5.32 Å². The summed E-state index contributed by atoms with van der Waals surface area (Å²) in [4.78, 5) is 11.3. The first-order valence-electron chi connectivity index (χ1n) is 4.92. The average Bonchev–Trinajstić information content (AvgIpc) is 2.17. The Balaban J connectivity index is 2.39. The van der Waals surface area contributed by atoms with E-state index in [-0.39, 0.29) is 11.2 Å². The number of carbonyl (C=O) groups excluding carboxylic acids is 1. The Morgan fingerprint density at radius 2 is 1.94 bits per heavy atom. The third kappa shape index (κ3) is 4.75. The Kier molecular flexibility index (Phi) is 4.72. The lowest BCUT2D eigenvalue weighted by Gasteiger charge is -2.11. The Morgan fingerprint density at radius 1 is 1.31 bits per heavy atom. The minimum atomic E-state index is -0.593. The van der Waals surface area contributed by atoms with Gasteiger partial charge in [-0.15, -0.1) is 0 Å². The van der Waals surface area contributed by atoms with E-state index in [2.05, 4.69) is 10.6 Å². The molecule has 2 N–H and O–H groups in total. The van der Waals surface area contributed by atoms with Gasteiger partial charge in [-0.25, -0.2) is 4.79 Å². The van der Waals surface area contributed by atoms with Gasteiger partial charge >= 0.3 is 6.09 Å². The summed E-state index contributed by atoms with van der Waals surface area (Å²) in [6.07, 6.45) is -0.593. The second-order valence-electron chi connectivity index (χ2n) is 3.46. The molecule has 4 nitrogen and oxygen atoms in total. The highest BCUT2D eigenvalue weighted by Gasteiger charge is 2.06. The van der Waals surface area contributed by atoms with E-state index < -0.39 is 6.09 Å². The number of rotatable bonds is 2. The van der Waals surface area contributed by atoms with Gasteiger partial charge in [0.1, 0.15) is 5.75 Å². The lowest BCUT2D eigenvalue weighted by molar-refractivity contribution is 0.206. The van der Waals surface area contributed by atoms with Gasteiger partial charge in [-0.05, 0) is 38.2 Å². The molecule has 0 unspecified atom stereocenters. The van der Waals surface area contributed by atoms with Gasteiger partial charge in [-0.1, -0.05) is 18.2 Å². The molecule has 86 valence electrons. The second kappa shape index (κ2) is 6.07. The van der Waals surface area contributed by atoms with E-state index >= 15 is 0 Å². The smallest absolute Gasteiger partial charge is 0.410 e. The Morgan fingerprint density at radius 3 is 2.50 bits per heavy atom. The van der Waals surface area contributed by atoms with Crippen LogP contribution >= 0.6 is 12.2 Å². The van der Waals surface area contributed by atoms with Gasteiger partial charge in [0.15, 0.2) is 5.11 Å². The number of para-hydroxylation sites is 1. The number of ether oxygens (including phenoxy) is 1. The molecule has 5 heteroatoms. The maximum atomic E-state index is 11.3. The normalized spacial score (nSPS) is 9.69. The standard InChI is InChI=1S/C11H14N2O2S/c1-8(2)12-10(16)13-11(14)15-9-6-4-3-5-7-9/h3-8H,1-2H3,(H2,12,13,14,16). The Hall–Kier alpha value is -1.62. The molecule has 0 aliphatic heterocycles.